The Hall–Kier alpha value is -4.28. The van der Waals surface area contributed by atoms with E-state index in [4.69, 9.17) is 15.2 Å². The van der Waals surface area contributed by atoms with Gasteiger partial charge in [0, 0.05) is 19.0 Å². The summed E-state index contributed by atoms with van der Waals surface area (Å²) in [4.78, 5) is 49.4. The summed E-state index contributed by atoms with van der Waals surface area (Å²) in [5.41, 5.74) is 6.96. The van der Waals surface area contributed by atoms with Gasteiger partial charge in [0.2, 0.25) is 11.8 Å². The zero-order valence-electron chi connectivity index (χ0n) is 22.8. The second-order valence-corrected chi connectivity index (χ2v) is 9.16. The standard InChI is InChI=1S/C28H38N4O7/c1-5-17(2)25(27(35)31-20(28(36)37)11-12-24(29)33)32-26(34)19-15-22(38-3)23(39-4)16-21(19)30-14-13-18-9-7-6-8-10-18/h6-10,15-17,20,25,30H,5,11-14H2,1-4H3,(H2,29,33)(H,31,35)(H,32,34)(H,36,37)/t17?,20-,25-/m0/s1. The lowest BCUT2D eigenvalue weighted by molar-refractivity contribution is -0.142. The first-order valence-corrected chi connectivity index (χ1v) is 12.8. The first-order valence-electron chi connectivity index (χ1n) is 12.8. The third-order valence-electron chi connectivity index (χ3n) is 6.42. The fourth-order valence-electron chi connectivity index (χ4n) is 3.93. The van der Waals surface area contributed by atoms with E-state index in [2.05, 4.69) is 16.0 Å². The Bertz CT molecular complexity index is 1140. The van der Waals surface area contributed by atoms with Crippen LogP contribution < -0.4 is 31.2 Å². The van der Waals surface area contributed by atoms with Crippen LogP contribution in [0.2, 0.25) is 0 Å². The number of rotatable bonds is 16. The van der Waals surface area contributed by atoms with Crippen LogP contribution in [0.3, 0.4) is 0 Å². The van der Waals surface area contributed by atoms with Crippen molar-refractivity contribution in [2.24, 2.45) is 11.7 Å². The Balaban J connectivity index is 2.30. The third kappa shape index (κ3) is 9.20. The molecule has 3 atom stereocenters. The molecule has 212 valence electrons. The van der Waals surface area contributed by atoms with Crippen LogP contribution in [0.5, 0.6) is 11.5 Å². The normalized spacial score (nSPS) is 12.9. The summed E-state index contributed by atoms with van der Waals surface area (Å²) >= 11 is 0. The number of carboxylic acid groups (broad SMARTS) is 1. The molecule has 0 radical (unpaired) electrons. The van der Waals surface area contributed by atoms with Gasteiger partial charge in [-0.1, -0.05) is 50.6 Å². The van der Waals surface area contributed by atoms with Crippen molar-refractivity contribution in [1.29, 1.82) is 0 Å². The molecule has 2 rings (SSSR count). The predicted molar refractivity (Wildman–Crippen MR) is 147 cm³/mol. The molecule has 1 unspecified atom stereocenters. The highest BCUT2D eigenvalue weighted by molar-refractivity contribution is 6.03. The average Bonchev–Trinajstić information content (AvgIpc) is 2.93. The summed E-state index contributed by atoms with van der Waals surface area (Å²) in [6.07, 6.45) is 0.867. The minimum Gasteiger partial charge on any atom is -0.493 e. The fraction of sp³-hybridized carbons (Fsp3) is 0.429. The highest BCUT2D eigenvalue weighted by Gasteiger charge is 2.31. The van der Waals surface area contributed by atoms with E-state index in [1.54, 1.807) is 13.0 Å². The molecule has 0 aliphatic carbocycles. The van der Waals surface area contributed by atoms with Crippen molar-refractivity contribution < 1.29 is 33.8 Å². The number of anilines is 1. The number of hydrogen-bond donors (Lipinski definition) is 5. The maximum Gasteiger partial charge on any atom is 0.326 e. The maximum absolute atomic E-state index is 13.5. The number of nitrogens with one attached hydrogen (secondary N) is 3. The van der Waals surface area contributed by atoms with E-state index < -0.39 is 35.8 Å². The zero-order valence-corrected chi connectivity index (χ0v) is 22.8. The molecule has 0 fully saturated rings. The minimum absolute atomic E-state index is 0.164. The van der Waals surface area contributed by atoms with E-state index in [1.807, 2.05) is 37.3 Å². The molecule has 2 aromatic carbocycles. The number of aliphatic carboxylic acids is 1. The smallest absolute Gasteiger partial charge is 0.326 e. The molecule has 3 amide bonds. The van der Waals surface area contributed by atoms with E-state index in [0.29, 0.717) is 36.6 Å². The molecule has 0 spiro atoms. The first kappa shape index (κ1) is 30.9. The Morgan fingerprint density at radius 2 is 1.64 bits per heavy atom. The van der Waals surface area contributed by atoms with E-state index in [1.165, 1.54) is 20.3 Å². The summed E-state index contributed by atoms with van der Waals surface area (Å²) in [5, 5.41) is 18.0. The Morgan fingerprint density at radius 3 is 2.21 bits per heavy atom. The number of carboxylic acids is 1. The van der Waals surface area contributed by atoms with Crippen LogP contribution in [0.1, 0.15) is 49.0 Å². The number of amides is 3. The summed E-state index contributed by atoms with van der Waals surface area (Å²) < 4.78 is 10.8. The van der Waals surface area contributed by atoms with Gasteiger partial charge in [-0.05, 0) is 30.4 Å². The van der Waals surface area contributed by atoms with Crippen molar-refractivity contribution in [3.05, 3.63) is 53.6 Å². The van der Waals surface area contributed by atoms with Crippen LogP contribution in [0.25, 0.3) is 0 Å². The molecule has 0 saturated carbocycles. The van der Waals surface area contributed by atoms with Crippen molar-refractivity contribution in [3.8, 4) is 11.5 Å². The number of carbonyl (C=O) groups excluding carboxylic acids is 3. The van der Waals surface area contributed by atoms with Crippen molar-refractivity contribution in [2.75, 3.05) is 26.1 Å². The number of methoxy groups -OCH3 is 2. The van der Waals surface area contributed by atoms with Gasteiger partial charge in [0.05, 0.1) is 25.5 Å². The molecule has 0 aliphatic heterocycles. The van der Waals surface area contributed by atoms with E-state index >= 15 is 0 Å². The number of nitrogens with two attached hydrogens (primary N) is 1. The number of benzene rings is 2. The summed E-state index contributed by atoms with van der Waals surface area (Å²) in [5.74, 6) is -2.78. The highest BCUT2D eigenvalue weighted by Crippen LogP contribution is 2.33. The molecule has 0 heterocycles. The number of carbonyl (C=O) groups is 4. The van der Waals surface area contributed by atoms with Crippen molar-refractivity contribution in [3.63, 3.8) is 0 Å². The summed E-state index contributed by atoms with van der Waals surface area (Å²) in [7, 11) is 2.95. The molecule has 11 heteroatoms. The van der Waals surface area contributed by atoms with Crippen LogP contribution in [0.4, 0.5) is 5.69 Å². The Labute approximate surface area is 228 Å². The Kier molecular flexibility index (Phi) is 12.1. The third-order valence-corrected chi connectivity index (χ3v) is 6.42. The Morgan fingerprint density at radius 1 is 1.00 bits per heavy atom. The first-order chi connectivity index (χ1) is 18.6. The molecular weight excluding hydrogens is 504 g/mol. The molecule has 0 bridgehead atoms. The van der Waals surface area contributed by atoms with Gasteiger partial charge in [-0.3, -0.25) is 14.4 Å². The average molecular weight is 543 g/mol. The van der Waals surface area contributed by atoms with Crippen LogP contribution in [-0.4, -0.2) is 61.6 Å². The van der Waals surface area contributed by atoms with E-state index in [9.17, 15) is 24.3 Å². The summed E-state index contributed by atoms with van der Waals surface area (Å²) in [6.45, 7) is 4.15. The van der Waals surface area contributed by atoms with Gasteiger partial charge in [-0.15, -0.1) is 0 Å². The largest absolute Gasteiger partial charge is 0.493 e. The topological polar surface area (TPSA) is 169 Å². The minimum atomic E-state index is -1.33. The lowest BCUT2D eigenvalue weighted by Crippen LogP contribution is -2.54. The molecular formula is C28H38N4O7. The molecule has 6 N–H and O–H groups in total. The highest BCUT2D eigenvalue weighted by atomic mass is 16.5. The van der Waals surface area contributed by atoms with Crippen LogP contribution in [-0.2, 0) is 20.8 Å². The maximum atomic E-state index is 13.5. The van der Waals surface area contributed by atoms with Gasteiger partial charge in [-0.2, -0.15) is 0 Å². The quantitative estimate of drug-likeness (QED) is 0.215. The lowest BCUT2D eigenvalue weighted by Gasteiger charge is -2.26. The van der Waals surface area contributed by atoms with Gasteiger partial charge < -0.3 is 36.3 Å². The molecule has 2 aromatic rings. The molecule has 0 aromatic heterocycles. The predicted octanol–water partition coefficient (Wildman–Crippen LogP) is 2.34. The molecule has 11 nitrogen and oxygen atoms in total. The van der Waals surface area contributed by atoms with E-state index in [0.717, 1.165) is 5.56 Å². The van der Waals surface area contributed by atoms with Crippen LogP contribution in [0.15, 0.2) is 42.5 Å². The second kappa shape index (κ2) is 15.2. The zero-order chi connectivity index (χ0) is 28.9. The second-order valence-electron chi connectivity index (χ2n) is 9.16. The van der Waals surface area contributed by atoms with Crippen LogP contribution in [0, 0.1) is 5.92 Å². The number of ether oxygens (including phenoxy) is 2. The number of hydrogen-bond acceptors (Lipinski definition) is 7. The van der Waals surface area contributed by atoms with Gasteiger partial charge in [-0.25, -0.2) is 4.79 Å². The van der Waals surface area contributed by atoms with Crippen molar-refractivity contribution in [2.45, 2.75) is 51.6 Å². The van der Waals surface area contributed by atoms with Gasteiger partial charge >= 0.3 is 5.97 Å². The van der Waals surface area contributed by atoms with Gasteiger partial charge in [0.1, 0.15) is 12.1 Å². The van der Waals surface area contributed by atoms with Crippen LogP contribution >= 0.6 is 0 Å². The van der Waals surface area contributed by atoms with E-state index in [-0.39, 0.29) is 24.3 Å². The fourth-order valence-corrected chi connectivity index (χ4v) is 3.93. The lowest BCUT2D eigenvalue weighted by atomic mass is 9.97. The van der Waals surface area contributed by atoms with Crippen molar-refractivity contribution >= 4 is 29.4 Å². The monoisotopic (exact) mass is 542 g/mol. The van der Waals surface area contributed by atoms with Gasteiger partial charge in [0.25, 0.3) is 5.91 Å². The summed E-state index contributed by atoms with van der Waals surface area (Å²) in [6, 6.07) is 10.7. The molecule has 39 heavy (non-hydrogen) atoms. The number of primary amides is 1. The molecule has 0 aliphatic rings. The molecule has 0 saturated heterocycles. The SMILES string of the molecule is CCC(C)[C@H](NC(=O)c1cc(OC)c(OC)cc1NCCc1ccccc1)C(=O)N[C@@H](CCC(N)=O)C(=O)O. The van der Waals surface area contributed by atoms with Gasteiger partial charge in [0.15, 0.2) is 11.5 Å². The van der Waals surface area contributed by atoms with Crippen molar-refractivity contribution in [1.82, 2.24) is 10.6 Å².